The fourth-order valence-electron chi connectivity index (χ4n) is 1.06. The zero-order valence-electron chi connectivity index (χ0n) is 5.72. The fraction of sp³-hybridized carbons (Fsp3) is 0.750. The molecule has 1 rings (SSSR count). The topological polar surface area (TPSA) is 20.2 Å². The average Bonchev–Trinajstić information content (AvgIpc) is 2.41. The summed E-state index contributed by atoms with van der Waals surface area (Å²) in [6.07, 6.45) is 7.86. The molecule has 0 aromatic carbocycles. The van der Waals surface area contributed by atoms with Crippen LogP contribution in [-0.2, 0) is 0 Å². The first kappa shape index (κ1) is 6.64. The molecule has 1 saturated carbocycles. The van der Waals surface area contributed by atoms with Crippen LogP contribution in [0.2, 0.25) is 0 Å². The minimum atomic E-state index is -0.575. The predicted molar refractivity (Wildman–Crippen MR) is 36.8 cm³/mol. The highest BCUT2D eigenvalue weighted by molar-refractivity contribution is 5.00. The van der Waals surface area contributed by atoms with Crippen LogP contribution >= 0.6 is 0 Å². The Labute approximate surface area is 56.1 Å². The minimum Gasteiger partial charge on any atom is -0.389 e. The van der Waals surface area contributed by atoms with Gasteiger partial charge < -0.3 is 5.11 Å². The van der Waals surface area contributed by atoms with Gasteiger partial charge in [-0.3, -0.25) is 0 Å². The normalized spacial score (nSPS) is 24.6. The van der Waals surface area contributed by atoms with E-state index in [0.717, 1.165) is 12.8 Å². The van der Waals surface area contributed by atoms with Crippen molar-refractivity contribution >= 4 is 0 Å². The molecule has 1 aliphatic rings. The molecular weight excluding hydrogens is 112 g/mol. The Kier molecular flexibility index (Phi) is 1.50. The number of aliphatic hydroxyl groups is 1. The lowest BCUT2D eigenvalue weighted by Crippen LogP contribution is -2.25. The van der Waals surface area contributed by atoms with Crippen LogP contribution in [0.4, 0.5) is 0 Å². The second-order valence-corrected chi connectivity index (χ2v) is 3.01. The van der Waals surface area contributed by atoms with Gasteiger partial charge in [-0.25, -0.2) is 0 Å². The maximum absolute atomic E-state index is 9.51. The van der Waals surface area contributed by atoms with Crippen LogP contribution in [0.25, 0.3) is 0 Å². The van der Waals surface area contributed by atoms with Gasteiger partial charge in [0.05, 0.1) is 5.60 Å². The van der Waals surface area contributed by atoms with Gasteiger partial charge in [-0.15, -0.1) is 12.3 Å². The standard InChI is InChI=1S/C8H12O/c1-3-6-8(2,9)7-4-5-7/h1,7,9H,4-6H2,2H3. The summed E-state index contributed by atoms with van der Waals surface area (Å²) < 4.78 is 0. The van der Waals surface area contributed by atoms with Gasteiger partial charge in [0.15, 0.2) is 0 Å². The Bertz CT molecular complexity index is 137. The van der Waals surface area contributed by atoms with Crippen molar-refractivity contribution in [1.29, 1.82) is 0 Å². The molecule has 1 atom stereocenters. The first-order valence-corrected chi connectivity index (χ1v) is 3.32. The Balaban J connectivity index is 2.41. The third-order valence-corrected chi connectivity index (χ3v) is 1.92. The predicted octanol–water partition coefficient (Wildman–Crippen LogP) is 1.17. The Morgan fingerprint density at radius 1 is 1.78 bits per heavy atom. The van der Waals surface area contributed by atoms with E-state index >= 15 is 0 Å². The highest BCUT2D eigenvalue weighted by Gasteiger charge is 2.38. The molecule has 0 aromatic rings. The van der Waals surface area contributed by atoms with E-state index in [2.05, 4.69) is 5.92 Å². The summed E-state index contributed by atoms with van der Waals surface area (Å²) >= 11 is 0. The second kappa shape index (κ2) is 2.04. The Hall–Kier alpha value is -0.480. The molecule has 0 bridgehead atoms. The highest BCUT2D eigenvalue weighted by Crippen LogP contribution is 2.40. The number of hydrogen-bond acceptors (Lipinski definition) is 1. The SMILES string of the molecule is C#CCC(C)(O)C1CC1. The molecule has 1 heteroatoms. The van der Waals surface area contributed by atoms with Gasteiger partial charge >= 0.3 is 0 Å². The van der Waals surface area contributed by atoms with E-state index in [-0.39, 0.29) is 0 Å². The number of rotatable bonds is 2. The van der Waals surface area contributed by atoms with E-state index in [4.69, 9.17) is 6.42 Å². The van der Waals surface area contributed by atoms with Crippen LogP contribution in [0.3, 0.4) is 0 Å². The molecule has 9 heavy (non-hydrogen) atoms. The maximum atomic E-state index is 9.51. The molecule has 0 heterocycles. The fourth-order valence-corrected chi connectivity index (χ4v) is 1.06. The molecule has 0 saturated heterocycles. The van der Waals surface area contributed by atoms with Crippen molar-refractivity contribution in [3.8, 4) is 12.3 Å². The van der Waals surface area contributed by atoms with Crippen molar-refractivity contribution in [2.75, 3.05) is 0 Å². The van der Waals surface area contributed by atoms with Crippen molar-refractivity contribution in [3.63, 3.8) is 0 Å². The number of terminal acetylenes is 1. The summed E-state index contributed by atoms with van der Waals surface area (Å²) in [6, 6.07) is 0. The van der Waals surface area contributed by atoms with Crippen LogP contribution in [0.1, 0.15) is 26.2 Å². The Morgan fingerprint density at radius 3 is 2.67 bits per heavy atom. The summed E-state index contributed by atoms with van der Waals surface area (Å²) in [5.41, 5.74) is -0.575. The molecule has 1 nitrogen and oxygen atoms in total. The molecule has 1 aliphatic carbocycles. The average molecular weight is 124 g/mol. The monoisotopic (exact) mass is 124 g/mol. The van der Waals surface area contributed by atoms with Gasteiger partial charge in [0, 0.05) is 6.42 Å². The molecule has 0 amide bonds. The molecule has 0 spiro atoms. The first-order chi connectivity index (χ1) is 4.17. The summed E-state index contributed by atoms with van der Waals surface area (Å²) in [5.74, 6) is 2.96. The lowest BCUT2D eigenvalue weighted by Gasteiger charge is -2.18. The van der Waals surface area contributed by atoms with Crippen LogP contribution in [0, 0.1) is 18.3 Å². The van der Waals surface area contributed by atoms with Crippen molar-refractivity contribution in [2.45, 2.75) is 31.8 Å². The van der Waals surface area contributed by atoms with Gasteiger partial charge in [-0.05, 0) is 25.7 Å². The molecular formula is C8H12O. The molecule has 1 fully saturated rings. The van der Waals surface area contributed by atoms with Gasteiger partial charge in [0.25, 0.3) is 0 Å². The molecule has 50 valence electrons. The molecule has 0 aliphatic heterocycles. The van der Waals surface area contributed by atoms with Crippen LogP contribution in [-0.4, -0.2) is 10.7 Å². The summed E-state index contributed by atoms with van der Waals surface area (Å²) in [4.78, 5) is 0. The maximum Gasteiger partial charge on any atom is 0.0756 e. The Morgan fingerprint density at radius 2 is 2.33 bits per heavy atom. The van der Waals surface area contributed by atoms with Crippen molar-refractivity contribution in [2.24, 2.45) is 5.92 Å². The van der Waals surface area contributed by atoms with Gasteiger partial charge in [-0.1, -0.05) is 0 Å². The van der Waals surface area contributed by atoms with E-state index in [1.807, 2.05) is 6.92 Å². The van der Waals surface area contributed by atoms with Crippen LogP contribution < -0.4 is 0 Å². The van der Waals surface area contributed by atoms with E-state index in [1.54, 1.807) is 0 Å². The number of hydrogen-bond donors (Lipinski definition) is 1. The lowest BCUT2D eigenvalue weighted by molar-refractivity contribution is 0.0421. The first-order valence-electron chi connectivity index (χ1n) is 3.32. The highest BCUT2D eigenvalue weighted by atomic mass is 16.3. The smallest absolute Gasteiger partial charge is 0.0756 e. The van der Waals surface area contributed by atoms with Crippen molar-refractivity contribution in [3.05, 3.63) is 0 Å². The van der Waals surface area contributed by atoms with Gasteiger partial charge in [0.1, 0.15) is 0 Å². The zero-order valence-corrected chi connectivity index (χ0v) is 5.72. The van der Waals surface area contributed by atoms with Gasteiger partial charge in [-0.2, -0.15) is 0 Å². The summed E-state index contributed by atoms with van der Waals surface area (Å²) in [5, 5.41) is 9.51. The third kappa shape index (κ3) is 1.46. The third-order valence-electron chi connectivity index (χ3n) is 1.92. The van der Waals surface area contributed by atoms with Crippen LogP contribution in [0.15, 0.2) is 0 Å². The van der Waals surface area contributed by atoms with Crippen molar-refractivity contribution < 1.29 is 5.11 Å². The van der Waals surface area contributed by atoms with Crippen LogP contribution in [0.5, 0.6) is 0 Å². The molecule has 1 N–H and O–H groups in total. The van der Waals surface area contributed by atoms with E-state index in [1.165, 1.54) is 0 Å². The molecule has 0 aromatic heterocycles. The molecule has 0 radical (unpaired) electrons. The van der Waals surface area contributed by atoms with Crippen molar-refractivity contribution in [1.82, 2.24) is 0 Å². The summed E-state index contributed by atoms with van der Waals surface area (Å²) in [7, 11) is 0. The minimum absolute atomic E-state index is 0.480. The second-order valence-electron chi connectivity index (χ2n) is 3.01. The molecule has 1 unspecified atom stereocenters. The summed E-state index contributed by atoms with van der Waals surface area (Å²) in [6.45, 7) is 1.82. The zero-order chi connectivity index (χ0) is 6.91. The quantitative estimate of drug-likeness (QED) is 0.548. The van der Waals surface area contributed by atoms with E-state index in [9.17, 15) is 5.11 Å². The van der Waals surface area contributed by atoms with E-state index < -0.39 is 5.60 Å². The largest absolute Gasteiger partial charge is 0.389 e. The van der Waals surface area contributed by atoms with Gasteiger partial charge in [0.2, 0.25) is 0 Å². The van der Waals surface area contributed by atoms with E-state index in [0.29, 0.717) is 12.3 Å². The lowest BCUT2D eigenvalue weighted by atomic mass is 9.97.